The molecule has 4 heterocycles. The van der Waals surface area contributed by atoms with E-state index in [1.807, 2.05) is 54.6 Å². The van der Waals surface area contributed by atoms with Gasteiger partial charge in [-0.3, -0.25) is 20.1 Å². The van der Waals surface area contributed by atoms with Gasteiger partial charge in [-0.15, -0.1) is 0 Å². The molecule has 3 aromatic heterocycles. The van der Waals surface area contributed by atoms with Crippen LogP contribution in [0.4, 0.5) is 11.8 Å². The van der Waals surface area contributed by atoms with Crippen LogP contribution in [0.25, 0.3) is 22.3 Å². The topological polar surface area (TPSA) is 151 Å². The molecule has 0 atom stereocenters. The van der Waals surface area contributed by atoms with Crippen LogP contribution in [0.2, 0.25) is 0 Å². The Morgan fingerprint density at radius 1 is 1.05 bits per heavy atom. The number of H-pyrrole nitrogens is 2. The van der Waals surface area contributed by atoms with Gasteiger partial charge in [-0.05, 0) is 62.3 Å². The van der Waals surface area contributed by atoms with Crippen molar-refractivity contribution in [2.45, 2.75) is 18.8 Å². The number of ether oxygens (including phenoxy) is 1. The molecular formula is C27H27N9O2. The van der Waals surface area contributed by atoms with Gasteiger partial charge < -0.3 is 15.5 Å². The number of rotatable bonds is 7. The molecule has 11 nitrogen and oxygen atoms in total. The summed E-state index contributed by atoms with van der Waals surface area (Å²) in [4.78, 5) is 30.7. The lowest BCUT2D eigenvalue weighted by Crippen LogP contribution is -2.39. The third kappa shape index (κ3) is 5.04. The van der Waals surface area contributed by atoms with Crippen LogP contribution in [-0.4, -0.2) is 60.6 Å². The molecule has 192 valence electrons. The lowest BCUT2D eigenvalue weighted by molar-refractivity contribution is -0.117. The number of fused-ring (bicyclic) bond motifs is 1. The van der Waals surface area contributed by atoms with Crippen LogP contribution >= 0.6 is 0 Å². The highest BCUT2D eigenvalue weighted by Crippen LogP contribution is 2.33. The normalized spacial score (nSPS) is 14.5. The summed E-state index contributed by atoms with van der Waals surface area (Å²) >= 11 is 0. The number of carbonyl (C=O) groups excluding carboxylic acids is 1. The quantitative estimate of drug-likeness (QED) is 0.258. The molecule has 0 unspecified atom stereocenters. The van der Waals surface area contributed by atoms with E-state index in [1.165, 1.54) is 0 Å². The summed E-state index contributed by atoms with van der Waals surface area (Å²) in [6.45, 7) is 1.84. The second-order valence-corrected chi connectivity index (χ2v) is 9.24. The van der Waals surface area contributed by atoms with E-state index in [0.29, 0.717) is 35.2 Å². The number of aromatic nitrogens is 6. The van der Waals surface area contributed by atoms with E-state index in [4.69, 9.17) is 15.5 Å². The van der Waals surface area contributed by atoms with Crippen LogP contribution < -0.4 is 15.8 Å². The summed E-state index contributed by atoms with van der Waals surface area (Å²) < 4.78 is 5.89. The number of hydrogen-bond acceptors (Lipinski definition) is 8. The average molecular weight is 510 g/mol. The van der Waals surface area contributed by atoms with Gasteiger partial charge in [-0.2, -0.15) is 5.10 Å². The minimum atomic E-state index is -0.0935. The first-order valence-electron chi connectivity index (χ1n) is 12.5. The third-order valence-electron chi connectivity index (χ3n) is 6.66. The van der Waals surface area contributed by atoms with E-state index in [1.54, 1.807) is 12.4 Å². The number of nitrogen functional groups attached to an aromatic ring is 1. The molecule has 0 saturated carbocycles. The number of para-hydroxylation sites is 1. The maximum absolute atomic E-state index is 12.3. The fourth-order valence-corrected chi connectivity index (χ4v) is 4.73. The SMILES string of the molecule is Nc1nc(C2CCN(CC(=O)Nc3ncc[nH]3)CC2)nc2n[nH]c(-c3ccc(Oc4ccccc4)cc3)c12. The first-order valence-corrected chi connectivity index (χ1v) is 12.5. The van der Waals surface area contributed by atoms with Gasteiger partial charge in [-0.25, -0.2) is 15.0 Å². The molecule has 38 heavy (non-hydrogen) atoms. The standard InChI is InChI=1S/C27H27N9O2/c28-24-22-23(17-6-8-20(9-7-17)38-19-4-2-1-3-5-19)34-35-26(22)33-25(32-24)18-10-14-36(15-11-18)16-21(37)31-27-29-12-13-30-27/h1-9,12-13,18H,10-11,14-16H2,(H2,29,30,31,37)(H3,28,32,33,34,35). The monoisotopic (exact) mass is 509 g/mol. The van der Waals surface area contributed by atoms with E-state index in [-0.39, 0.29) is 11.8 Å². The number of likely N-dealkylation sites (tertiary alicyclic amines) is 1. The number of amides is 1. The molecule has 0 spiro atoms. The van der Waals surface area contributed by atoms with Gasteiger partial charge in [0.15, 0.2) is 5.65 Å². The molecule has 1 saturated heterocycles. The van der Waals surface area contributed by atoms with Crippen molar-refractivity contribution >= 4 is 28.7 Å². The number of anilines is 2. The molecule has 5 N–H and O–H groups in total. The van der Waals surface area contributed by atoms with Crippen molar-refractivity contribution in [3.63, 3.8) is 0 Å². The van der Waals surface area contributed by atoms with Crippen LogP contribution in [0.1, 0.15) is 24.6 Å². The maximum atomic E-state index is 12.3. The molecule has 1 aliphatic rings. The van der Waals surface area contributed by atoms with Crippen molar-refractivity contribution in [1.82, 2.24) is 35.0 Å². The molecule has 1 fully saturated rings. The van der Waals surface area contributed by atoms with Crippen molar-refractivity contribution in [3.05, 3.63) is 72.8 Å². The number of benzene rings is 2. The van der Waals surface area contributed by atoms with Crippen molar-refractivity contribution in [2.75, 3.05) is 30.7 Å². The second kappa shape index (κ2) is 10.3. The Morgan fingerprint density at radius 2 is 1.82 bits per heavy atom. The van der Waals surface area contributed by atoms with Crippen molar-refractivity contribution in [2.24, 2.45) is 0 Å². The van der Waals surface area contributed by atoms with E-state index in [9.17, 15) is 4.79 Å². The van der Waals surface area contributed by atoms with E-state index in [2.05, 4.69) is 35.4 Å². The summed E-state index contributed by atoms with van der Waals surface area (Å²) in [7, 11) is 0. The van der Waals surface area contributed by atoms with Crippen LogP contribution in [-0.2, 0) is 4.79 Å². The number of hydrogen-bond donors (Lipinski definition) is 4. The second-order valence-electron chi connectivity index (χ2n) is 9.24. The highest BCUT2D eigenvalue weighted by Gasteiger charge is 2.26. The fourth-order valence-electron chi connectivity index (χ4n) is 4.73. The van der Waals surface area contributed by atoms with Gasteiger partial charge in [0.25, 0.3) is 0 Å². The first kappa shape index (κ1) is 23.6. The van der Waals surface area contributed by atoms with Crippen molar-refractivity contribution in [3.8, 4) is 22.8 Å². The van der Waals surface area contributed by atoms with Crippen molar-refractivity contribution < 1.29 is 9.53 Å². The highest BCUT2D eigenvalue weighted by atomic mass is 16.5. The van der Waals surface area contributed by atoms with Crippen LogP contribution in [0.3, 0.4) is 0 Å². The molecule has 0 radical (unpaired) electrons. The maximum Gasteiger partial charge on any atom is 0.240 e. The minimum absolute atomic E-state index is 0.0935. The van der Waals surface area contributed by atoms with Gasteiger partial charge >= 0.3 is 0 Å². The van der Waals surface area contributed by atoms with Gasteiger partial charge in [0, 0.05) is 23.9 Å². The van der Waals surface area contributed by atoms with Crippen LogP contribution in [0.5, 0.6) is 11.5 Å². The zero-order chi connectivity index (χ0) is 25.9. The summed E-state index contributed by atoms with van der Waals surface area (Å²) in [6.07, 6.45) is 4.94. The summed E-state index contributed by atoms with van der Waals surface area (Å²) in [5.41, 5.74) is 8.66. The lowest BCUT2D eigenvalue weighted by atomic mass is 9.95. The van der Waals surface area contributed by atoms with Gasteiger partial charge in [0.05, 0.1) is 17.6 Å². The Morgan fingerprint density at radius 3 is 2.55 bits per heavy atom. The van der Waals surface area contributed by atoms with Gasteiger partial charge in [0.1, 0.15) is 23.1 Å². The van der Waals surface area contributed by atoms with Crippen LogP contribution in [0.15, 0.2) is 67.0 Å². The molecule has 5 aromatic rings. The number of aromatic amines is 2. The number of nitrogens with one attached hydrogen (secondary N) is 3. The number of nitrogens with zero attached hydrogens (tertiary/aromatic N) is 5. The van der Waals surface area contributed by atoms with Crippen LogP contribution in [0, 0.1) is 0 Å². The molecule has 2 aromatic carbocycles. The number of imidazole rings is 1. The Hall–Kier alpha value is -4.77. The largest absolute Gasteiger partial charge is 0.457 e. The molecule has 1 aliphatic heterocycles. The third-order valence-corrected chi connectivity index (χ3v) is 6.66. The van der Waals surface area contributed by atoms with E-state index >= 15 is 0 Å². The Labute approximate surface area is 218 Å². The van der Waals surface area contributed by atoms with E-state index < -0.39 is 0 Å². The zero-order valence-electron chi connectivity index (χ0n) is 20.6. The molecule has 6 rings (SSSR count). The first-order chi connectivity index (χ1) is 18.6. The molecule has 1 amide bonds. The van der Waals surface area contributed by atoms with Gasteiger partial charge in [0.2, 0.25) is 11.9 Å². The van der Waals surface area contributed by atoms with Crippen molar-refractivity contribution in [1.29, 1.82) is 0 Å². The molecule has 0 bridgehead atoms. The lowest BCUT2D eigenvalue weighted by Gasteiger charge is -2.30. The fraction of sp³-hybridized carbons (Fsp3) is 0.222. The minimum Gasteiger partial charge on any atom is -0.457 e. The Kier molecular flexibility index (Phi) is 6.40. The van der Waals surface area contributed by atoms with E-state index in [0.717, 1.165) is 48.7 Å². The molecule has 11 heteroatoms. The predicted octanol–water partition coefficient (Wildman–Crippen LogP) is 3.94. The molecular weight excluding hydrogens is 482 g/mol. The summed E-state index contributed by atoms with van der Waals surface area (Å²) in [5.74, 6) is 3.13. The molecule has 0 aliphatic carbocycles. The number of piperidine rings is 1. The number of carbonyl (C=O) groups is 1. The van der Waals surface area contributed by atoms with Gasteiger partial charge in [-0.1, -0.05) is 18.2 Å². The predicted molar refractivity (Wildman–Crippen MR) is 144 cm³/mol. The smallest absolute Gasteiger partial charge is 0.240 e. The average Bonchev–Trinajstić information content (AvgIpc) is 3.60. The number of nitrogens with two attached hydrogens (primary N) is 1. The summed E-state index contributed by atoms with van der Waals surface area (Å²) in [6, 6.07) is 17.4. The highest BCUT2D eigenvalue weighted by molar-refractivity contribution is 5.98. The zero-order valence-corrected chi connectivity index (χ0v) is 20.6. The Bertz CT molecular complexity index is 1520. The Balaban J connectivity index is 1.12. The summed E-state index contributed by atoms with van der Waals surface area (Å²) in [5, 5.41) is 11.0.